The molecule has 1 saturated heterocycles. The van der Waals surface area contributed by atoms with Crippen LogP contribution in [0.3, 0.4) is 0 Å². The molecule has 1 aliphatic carbocycles. The molecule has 0 saturated carbocycles. The zero-order chi connectivity index (χ0) is 11.8. The summed E-state index contributed by atoms with van der Waals surface area (Å²) in [5.74, 6) is 0.438. The second-order valence-corrected chi connectivity index (χ2v) is 5.09. The summed E-state index contributed by atoms with van der Waals surface area (Å²) in [4.78, 5) is 14.4. The van der Waals surface area contributed by atoms with Crippen LogP contribution in [-0.4, -0.2) is 36.5 Å². The van der Waals surface area contributed by atoms with E-state index in [1.807, 2.05) is 17.0 Å². The number of rotatable bonds is 1. The Hall–Kier alpha value is -1.35. The third kappa shape index (κ3) is 1.84. The molecular weight excluding hydrogens is 212 g/mol. The van der Waals surface area contributed by atoms with Crippen molar-refractivity contribution in [1.82, 2.24) is 10.2 Å². The molecule has 1 unspecified atom stereocenters. The molecule has 90 valence electrons. The molecule has 1 N–H and O–H groups in total. The molecule has 17 heavy (non-hydrogen) atoms. The van der Waals surface area contributed by atoms with Crippen LogP contribution in [0.15, 0.2) is 24.3 Å². The van der Waals surface area contributed by atoms with Crippen molar-refractivity contribution in [2.24, 2.45) is 0 Å². The van der Waals surface area contributed by atoms with Gasteiger partial charge < -0.3 is 10.2 Å². The predicted octanol–water partition coefficient (Wildman–Crippen LogP) is 1.15. The van der Waals surface area contributed by atoms with Crippen LogP contribution >= 0.6 is 0 Å². The van der Waals surface area contributed by atoms with Gasteiger partial charge in [0.1, 0.15) is 0 Å². The molecule has 1 fully saturated rings. The third-order valence-electron chi connectivity index (χ3n) is 3.83. The number of carbonyl (C=O) groups is 1. The number of piperazine rings is 1. The number of hydrogen-bond acceptors (Lipinski definition) is 2. The summed E-state index contributed by atoms with van der Waals surface area (Å²) in [7, 11) is 0. The molecule has 2 aliphatic rings. The molecule has 2 atom stereocenters. The van der Waals surface area contributed by atoms with Crippen molar-refractivity contribution in [2.45, 2.75) is 25.3 Å². The van der Waals surface area contributed by atoms with Gasteiger partial charge in [-0.05, 0) is 24.5 Å². The standard InChI is InChI=1S/C14H18N2O/c1-10-9-16(7-6-15-10)14(17)13-8-11-4-2-3-5-12(11)13/h2-5,10,13,15H,6-9H2,1H3/t10-,13?/m0/s1. The van der Waals surface area contributed by atoms with Crippen LogP contribution in [0.25, 0.3) is 0 Å². The first-order valence-corrected chi connectivity index (χ1v) is 6.35. The summed E-state index contributed by atoms with van der Waals surface area (Å²) >= 11 is 0. The topological polar surface area (TPSA) is 32.3 Å². The summed E-state index contributed by atoms with van der Waals surface area (Å²) in [5, 5.41) is 3.37. The number of amides is 1. The van der Waals surface area contributed by atoms with E-state index in [2.05, 4.69) is 24.4 Å². The van der Waals surface area contributed by atoms with Crippen molar-refractivity contribution in [3.8, 4) is 0 Å². The highest BCUT2D eigenvalue weighted by Gasteiger charge is 2.35. The molecule has 1 amide bonds. The highest BCUT2D eigenvalue weighted by molar-refractivity contribution is 5.87. The maximum absolute atomic E-state index is 12.4. The molecule has 0 bridgehead atoms. The lowest BCUT2D eigenvalue weighted by Gasteiger charge is -2.37. The highest BCUT2D eigenvalue weighted by Crippen LogP contribution is 2.36. The summed E-state index contributed by atoms with van der Waals surface area (Å²) in [6.07, 6.45) is 0.924. The average Bonchev–Trinajstić information content (AvgIpc) is 2.30. The lowest BCUT2D eigenvalue weighted by molar-refractivity contribution is -0.134. The van der Waals surface area contributed by atoms with E-state index in [-0.39, 0.29) is 5.92 Å². The maximum Gasteiger partial charge on any atom is 0.230 e. The summed E-state index contributed by atoms with van der Waals surface area (Å²) in [6.45, 7) is 4.74. The molecule has 3 rings (SSSR count). The second-order valence-electron chi connectivity index (χ2n) is 5.09. The minimum absolute atomic E-state index is 0.122. The molecule has 3 nitrogen and oxygen atoms in total. The van der Waals surface area contributed by atoms with Gasteiger partial charge in [-0.1, -0.05) is 24.3 Å². The Bertz CT molecular complexity index is 444. The molecule has 1 heterocycles. The van der Waals surface area contributed by atoms with Gasteiger partial charge in [-0.3, -0.25) is 4.79 Å². The molecule has 1 aromatic carbocycles. The highest BCUT2D eigenvalue weighted by atomic mass is 16.2. The smallest absolute Gasteiger partial charge is 0.230 e. The Morgan fingerprint density at radius 2 is 2.24 bits per heavy atom. The van der Waals surface area contributed by atoms with Gasteiger partial charge in [0.05, 0.1) is 5.92 Å². The van der Waals surface area contributed by atoms with E-state index in [4.69, 9.17) is 0 Å². The van der Waals surface area contributed by atoms with Crippen molar-refractivity contribution >= 4 is 5.91 Å². The summed E-state index contributed by atoms with van der Waals surface area (Å²) in [6, 6.07) is 8.71. The largest absolute Gasteiger partial charge is 0.339 e. The van der Waals surface area contributed by atoms with E-state index in [0.717, 1.165) is 26.1 Å². The Balaban J connectivity index is 1.72. The van der Waals surface area contributed by atoms with Crippen molar-refractivity contribution < 1.29 is 4.79 Å². The maximum atomic E-state index is 12.4. The molecule has 0 radical (unpaired) electrons. The zero-order valence-electron chi connectivity index (χ0n) is 10.1. The van der Waals surface area contributed by atoms with E-state index < -0.39 is 0 Å². The number of nitrogens with zero attached hydrogens (tertiary/aromatic N) is 1. The molecular formula is C14H18N2O. The quantitative estimate of drug-likeness (QED) is 0.785. The predicted molar refractivity (Wildman–Crippen MR) is 66.9 cm³/mol. The summed E-state index contributed by atoms with van der Waals surface area (Å²) in [5.41, 5.74) is 2.58. The molecule has 1 aromatic rings. The van der Waals surface area contributed by atoms with E-state index in [9.17, 15) is 4.79 Å². The minimum Gasteiger partial charge on any atom is -0.339 e. The first kappa shape index (κ1) is 10.8. The number of nitrogens with one attached hydrogen (secondary N) is 1. The van der Waals surface area contributed by atoms with Crippen LogP contribution in [0.4, 0.5) is 0 Å². The number of carbonyl (C=O) groups excluding carboxylic acids is 1. The SMILES string of the molecule is C[C@H]1CN(C(=O)C2Cc3ccccc32)CCN1. The fourth-order valence-electron chi connectivity index (χ4n) is 2.83. The lowest BCUT2D eigenvalue weighted by Crippen LogP contribution is -2.53. The van der Waals surface area contributed by atoms with Gasteiger partial charge in [-0.25, -0.2) is 0 Å². The molecule has 3 heteroatoms. The van der Waals surface area contributed by atoms with Crippen molar-refractivity contribution in [3.63, 3.8) is 0 Å². The Labute approximate surface area is 102 Å². The van der Waals surface area contributed by atoms with Gasteiger partial charge in [0.25, 0.3) is 0 Å². The Morgan fingerprint density at radius 1 is 1.41 bits per heavy atom. The molecule has 1 aliphatic heterocycles. The van der Waals surface area contributed by atoms with Crippen LogP contribution in [0.1, 0.15) is 24.0 Å². The lowest BCUT2D eigenvalue weighted by atomic mass is 9.76. The first-order chi connectivity index (χ1) is 8.25. The monoisotopic (exact) mass is 230 g/mol. The van der Waals surface area contributed by atoms with Gasteiger partial charge in [0.2, 0.25) is 5.91 Å². The first-order valence-electron chi connectivity index (χ1n) is 6.35. The fourth-order valence-corrected chi connectivity index (χ4v) is 2.83. The third-order valence-corrected chi connectivity index (χ3v) is 3.83. The number of fused-ring (bicyclic) bond motifs is 1. The van der Waals surface area contributed by atoms with Crippen LogP contribution in [0, 0.1) is 0 Å². The average molecular weight is 230 g/mol. The Kier molecular flexibility index (Phi) is 2.63. The van der Waals surface area contributed by atoms with Crippen molar-refractivity contribution in [1.29, 1.82) is 0 Å². The normalized spacial score (nSPS) is 27.2. The van der Waals surface area contributed by atoms with Gasteiger partial charge in [0.15, 0.2) is 0 Å². The van der Waals surface area contributed by atoms with Crippen LogP contribution in [0.2, 0.25) is 0 Å². The molecule has 0 aromatic heterocycles. The second kappa shape index (κ2) is 4.15. The van der Waals surface area contributed by atoms with Gasteiger partial charge >= 0.3 is 0 Å². The number of benzene rings is 1. The van der Waals surface area contributed by atoms with Crippen LogP contribution < -0.4 is 5.32 Å². The van der Waals surface area contributed by atoms with Crippen LogP contribution in [-0.2, 0) is 11.2 Å². The zero-order valence-corrected chi connectivity index (χ0v) is 10.1. The van der Waals surface area contributed by atoms with Crippen LogP contribution in [0.5, 0.6) is 0 Å². The number of hydrogen-bond donors (Lipinski definition) is 1. The van der Waals surface area contributed by atoms with Crippen molar-refractivity contribution in [2.75, 3.05) is 19.6 Å². The van der Waals surface area contributed by atoms with E-state index >= 15 is 0 Å². The summed E-state index contributed by atoms with van der Waals surface area (Å²) < 4.78 is 0. The van der Waals surface area contributed by atoms with E-state index in [0.29, 0.717) is 11.9 Å². The van der Waals surface area contributed by atoms with Crippen molar-refractivity contribution in [3.05, 3.63) is 35.4 Å². The Morgan fingerprint density at radius 3 is 3.00 bits per heavy atom. The molecule has 0 spiro atoms. The minimum atomic E-state index is 0.122. The van der Waals surface area contributed by atoms with Gasteiger partial charge in [-0.2, -0.15) is 0 Å². The van der Waals surface area contributed by atoms with E-state index in [1.54, 1.807) is 0 Å². The van der Waals surface area contributed by atoms with Gasteiger partial charge in [-0.15, -0.1) is 0 Å². The van der Waals surface area contributed by atoms with E-state index in [1.165, 1.54) is 11.1 Å². The fraction of sp³-hybridized carbons (Fsp3) is 0.500. The van der Waals surface area contributed by atoms with Gasteiger partial charge in [0, 0.05) is 25.7 Å².